The lowest BCUT2D eigenvalue weighted by Crippen LogP contribution is -2.31. The summed E-state index contributed by atoms with van der Waals surface area (Å²) in [5, 5.41) is 9.18. The summed E-state index contributed by atoms with van der Waals surface area (Å²) < 4.78 is 27.7. The van der Waals surface area contributed by atoms with Crippen molar-refractivity contribution in [3.63, 3.8) is 0 Å². The van der Waals surface area contributed by atoms with Gasteiger partial charge in [0.2, 0.25) is 10.0 Å². The van der Waals surface area contributed by atoms with E-state index in [4.69, 9.17) is 0 Å². The number of carboxylic acids is 1. The zero-order chi connectivity index (χ0) is 16.2. The average molecular weight is 312 g/mol. The van der Waals surface area contributed by atoms with Crippen molar-refractivity contribution < 1.29 is 18.3 Å². The minimum atomic E-state index is -3.79. The first kappa shape index (κ1) is 17.2. The molecule has 1 aromatic heterocycles. The molecule has 0 saturated carbocycles. The van der Waals surface area contributed by atoms with Gasteiger partial charge in [-0.25, -0.2) is 13.2 Å². The van der Waals surface area contributed by atoms with Gasteiger partial charge in [0, 0.05) is 25.3 Å². The van der Waals surface area contributed by atoms with Crippen LogP contribution in [0.3, 0.4) is 0 Å². The predicted molar refractivity (Wildman–Crippen MR) is 80.9 cm³/mol. The molecule has 0 fully saturated rings. The molecule has 0 unspecified atom stereocenters. The van der Waals surface area contributed by atoms with E-state index >= 15 is 0 Å². The molecule has 1 heterocycles. The summed E-state index contributed by atoms with van der Waals surface area (Å²) >= 11 is 0. The average Bonchev–Trinajstić information content (AvgIpc) is 2.84. The smallest absolute Gasteiger partial charge is 0.352 e. The van der Waals surface area contributed by atoms with Crippen molar-refractivity contribution in [3.8, 4) is 0 Å². The SMILES string of the molecule is C=CCN(CC=C)S(=O)(=O)c1cc(C(=O)O)n(C(C)C)c1. The first-order valence-electron chi connectivity index (χ1n) is 6.42. The number of aromatic carboxylic acids is 1. The van der Waals surface area contributed by atoms with E-state index in [0.717, 1.165) is 0 Å². The van der Waals surface area contributed by atoms with Crippen LogP contribution in [0.15, 0.2) is 42.5 Å². The molecule has 0 radical (unpaired) electrons. The summed E-state index contributed by atoms with van der Waals surface area (Å²) in [5.74, 6) is -1.16. The number of hydrogen-bond acceptors (Lipinski definition) is 3. The Morgan fingerprint density at radius 3 is 2.24 bits per heavy atom. The molecule has 0 saturated heterocycles. The molecule has 7 heteroatoms. The van der Waals surface area contributed by atoms with E-state index in [0.29, 0.717) is 0 Å². The van der Waals surface area contributed by atoms with Crippen LogP contribution in [-0.4, -0.2) is 41.5 Å². The van der Waals surface area contributed by atoms with Gasteiger partial charge < -0.3 is 9.67 Å². The summed E-state index contributed by atoms with van der Waals surface area (Å²) in [6.45, 7) is 10.9. The maximum Gasteiger partial charge on any atom is 0.352 e. The van der Waals surface area contributed by atoms with Gasteiger partial charge in [0.15, 0.2) is 0 Å². The predicted octanol–water partition coefficient (Wildman–Crippen LogP) is 2.13. The summed E-state index contributed by atoms with van der Waals surface area (Å²) in [4.78, 5) is 11.2. The third-order valence-corrected chi connectivity index (χ3v) is 4.70. The Balaban J connectivity index is 3.37. The maximum absolute atomic E-state index is 12.5. The monoisotopic (exact) mass is 312 g/mol. The zero-order valence-electron chi connectivity index (χ0n) is 12.2. The van der Waals surface area contributed by atoms with Gasteiger partial charge in [0.25, 0.3) is 0 Å². The summed E-state index contributed by atoms with van der Waals surface area (Å²) in [6, 6.07) is 1.02. The molecule has 6 nitrogen and oxygen atoms in total. The maximum atomic E-state index is 12.5. The van der Waals surface area contributed by atoms with Gasteiger partial charge in [-0.05, 0) is 19.9 Å². The highest BCUT2D eigenvalue weighted by Crippen LogP contribution is 2.22. The van der Waals surface area contributed by atoms with Gasteiger partial charge in [0.1, 0.15) is 10.6 Å². The number of rotatable bonds is 8. The van der Waals surface area contributed by atoms with Crippen LogP contribution < -0.4 is 0 Å². The molecule has 1 rings (SSSR count). The molecule has 1 N–H and O–H groups in total. The van der Waals surface area contributed by atoms with Gasteiger partial charge >= 0.3 is 5.97 Å². The molecule has 0 amide bonds. The molecule has 1 aromatic rings. The second-order valence-electron chi connectivity index (χ2n) is 4.77. The fourth-order valence-corrected chi connectivity index (χ4v) is 3.31. The molecule has 116 valence electrons. The second kappa shape index (κ2) is 6.73. The van der Waals surface area contributed by atoms with Gasteiger partial charge in [-0.1, -0.05) is 12.2 Å². The largest absolute Gasteiger partial charge is 0.477 e. The van der Waals surface area contributed by atoms with Crippen molar-refractivity contribution in [3.05, 3.63) is 43.3 Å². The standard InChI is InChI=1S/C14H20N2O4S/c1-5-7-15(8-6-2)21(19,20)12-9-13(14(17)18)16(10-12)11(3)4/h5-6,9-11H,1-2,7-8H2,3-4H3,(H,17,18). The molecule has 0 bridgehead atoms. The lowest BCUT2D eigenvalue weighted by atomic mass is 10.3. The van der Waals surface area contributed by atoms with E-state index in [1.165, 1.54) is 33.3 Å². The Hall–Kier alpha value is -1.86. The quantitative estimate of drug-likeness (QED) is 0.746. The Bertz CT molecular complexity index is 634. The number of hydrogen-bond donors (Lipinski definition) is 1. The summed E-state index contributed by atoms with van der Waals surface area (Å²) in [5.41, 5.74) is -0.0549. The highest BCUT2D eigenvalue weighted by Gasteiger charge is 2.27. The van der Waals surface area contributed by atoms with Crippen LogP contribution in [0, 0.1) is 0 Å². The van der Waals surface area contributed by atoms with Gasteiger partial charge in [-0.15, -0.1) is 13.2 Å². The highest BCUT2D eigenvalue weighted by molar-refractivity contribution is 7.89. The zero-order valence-corrected chi connectivity index (χ0v) is 13.0. The first-order chi connectivity index (χ1) is 9.75. The lowest BCUT2D eigenvalue weighted by Gasteiger charge is -2.18. The van der Waals surface area contributed by atoms with Gasteiger partial charge in [0.05, 0.1) is 0 Å². The molecule has 0 aromatic carbocycles. The van der Waals surface area contributed by atoms with Gasteiger partial charge in [-0.2, -0.15) is 4.31 Å². The minimum Gasteiger partial charge on any atom is -0.477 e. The number of sulfonamides is 1. The van der Waals surface area contributed by atoms with E-state index in [1.54, 1.807) is 13.8 Å². The topological polar surface area (TPSA) is 79.6 Å². The highest BCUT2D eigenvalue weighted by atomic mass is 32.2. The molecule has 0 aliphatic rings. The fraction of sp³-hybridized carbons (Fsp3) is 0.357. The fourth-order valence-electron chi connectivity index (χ4n) is 1.90. The van der Waals surface area contributed by atoms with Crippen molar-refractivity contribution in [2.24, 2.45) is 0 Å². The number of carbonyl (C=O) groups is 1. The molecule has 0 aliphatic heterocycles. The van der Waals surface area contributed by atoms with Crippen LogP contribution in [0.5, 0.6) is 0 Å². The van der Waals surface area contributed by atoms with Crippen molar-refractivity contribution in [2.75, 3.05) is 13.1 Å². The Kier molecular flexibility index (Phi) is 5.51. The van der Waals surface area contributed by atoms with Crippen LogP contribution in [0.25, 0.3) is 0 Å². The molecular formula is C14H20N2O4S. The minimum absolute atomic E-state index is 0.0442. The van der Waals surface area contributed by atoms with Crippen molar-refractivity contribution in [1.29, 1.82) is 0 Å². The Labute approximate surface area is 125 Å². The lowest BCUT2D eigenvalue weighted by molar-refractivity contribution is 0.0683. The Morgan fingerprint density at radius 2 is 1.90 bits per heavy atom. The third-order valence-electron chi connectivity index (χ3n) is 2.90. The van der Waals surface area contributed by atoms with E-state index in [1.807, 2.05) is 0 Å². The van der Waals surface area contributed by atoms with Crippen LogP contribution in [-0.2, 0) is 10.0 Å². The van der Waals surface area contributed by atoms with E-state index < -0.39 is 16.0 Å². The summed E-state index contributed by atoms with van der Waals surface area (Å²) in [6.07, 6.45) is 4.29. The molecule has 0 atom stereocenters. The Morgan fingerprint density at radius 1 is 1.38 bits per heavy atom. The number of carboxylic acid groups (broad SMARTS) is 1. The van der Waals surface area contributed by atoms with E-state index in [9.17, 15) is 18.3 Å². The second-order valence-corrected chi connectivity index (χ2v) is 6.70. The van der Waals surface area contributed by atoms with Crippen LogP contribution in [0.1, 0.15) is 30.4 Å². The van der Waals surface area contributed by atoms with Crippen LogP contribution >= 0.6 is 0 Å². The van der Waals surface area contributed by atoms with Crippen molar-refractivity contribution >= 4 is 16.0 Å². The van der Waals surface area contributed by atoms with E-state index in [2.05, 4.69) is 13.2 Å². The molecule has 21 heavy (non-hydrogen) atoms. The summed E-state index contributed by atoms with van der Waals surface area (Å²) in [7, 11) is -3.79. The van der Waals surface area contributed by atoms with E-state index in [-0.39, 0.29) is 29.7 Å². The number of aromatic nitrogens is 1. The first-order valence-corrected chi connectivity index (χ1v) is 7.86. The van der Waals surface area contributed by atoms with Crippen LogP contribution in [0.4, 0.5) is 0 Å². The molecule has 0 spiro atoms. The van der Waals surface area contributed by atoms with Crippen molar-refractivity contribution in [2.45, 2.75) is 24.8 Å². The third kappa shape index (κ3) is 3.62. The number of nitrogens with zero attached hydrogens (tertiary/aromatic N) is 2. The normalized spacial score (nSPS) is 11.8. The molecular weight excluding hydrogens is 292 g/mol. The van der Waals surface area contributed by atoms with Gasteiger partial charge in [-0.3, -0.25) is 0 Å². The van der Waals surface area contributed by atoms with Crippen molar-refractivity contribution in [1.82, 2.24) is 8.87 Å². The molecule has 0 aliphatic carbocycles. The van der Waals surface area contributed by atoms with Crippen LogP contribution in [0.2, 0.25) is 0 Å².